The van der Waals surface area contributed by atoms with Crippen LogP contribution in [0.4, 0.5) is 0 Å². The van der Waals surface area contributed by atoms with E-state index < -0.39 is 10.2 Å². The standard InChI is InChI=1S/C15H31N3O2S/c1-4-15(5-2)9-11-17(13-15)21(19,20)18-10-7-6-8-14(18)12-16-3/h14,16H,4-13H2,1-3H3. The lowest BCUT2D eigenvalue weighted by Crippen LogP contribution is -2.53. The molecule has 1 N–H and O–H groups in total. The lowest BCUT2D eigenvalue weighted by Gasteiger charge is -2.37. The molecule has 2 heterocycles. The summed E-state index contributed by atoms with van der Waals surface area (Å²) in [6.07, 6.45) is 6.22. The fourth-order valence-electron chi connectivity index (χ4n) is 3.78. The molecule has 2 aliphatic heterocycles. The molecule has 2 saturated heterocycles. The van der Waals surface area contributed by atoms with Crippen LogP contribution in [0.1, 0.15) is 52.4 Å². The maximum absolute atomic E-state index is 13.0. The van der Waals surface area contributed by atoms with E-state index in [0.717, 1.165) is 45.1 Å². The fraction of sp³-hybridized carbons (Fsp3) is 1.00. The summed E-state index contributed by atoms with van der Waals surface area (Å²) in [5.41, 5.74) is 0.196. The Kier molecular flexibility index (Phi) is 5.68. The highest BCUT2D eigenvalue weighted by molar-refractivity contribution is 7.86. The van der Waals surface area contributed by atoms with Crippen LogP contribution in [0.25, 0.3) is 0 Å². The van der Waals surface area contributed by atoms with E-state index >= 15 is 0 Å². The molecule has 2 rings (SSSR count). The highest BCUT2D eigenvalue weighted by Crippen LogP contribution is 2.39. The highest BCUT2D eigenvalue weighted by atomic mass is 32.2. The third-order valence-corrected chi connectivity index (χ3v) is 7.58. The first-order valence-corrected chi connectivity index (χ1v) is 9.80. The van der Waals surface area contributed by atoms with Crippen LogP contribution in [0, 0.1) is 5.41 Å². The number of nitrogens with zero attached hydrogens (tertiary/aromatic N) is 2. The Hall–Kier alpha value is -0.170. The molecule has 2 fully saturated rings. The lowest BCUT2D eigenvalue weighted by molar-refractivity contribution is 0.225. The SMILES string of the molecule is CCC1(CC)CCN(S(=O)(=O)N2CCCCC2CNC)C1. The van der Waals surface area contributed by atoms with Crippen LogP contribution in [-0.2, 0) is 10.2 Å². The van der Waals surface area contributed by atoms with Crippen LogP contribution in [-0.4, -0.2) is 56.3 Å². The van der Waals surface area contributed by atoms with E-state index in [0.29, 0.717) is 19.6 Å². The quantitative estimate of drug-likeness (QED) is 0.813. The van der Waals surface area contributed by atoms with Crippen molar-refractivity contribution in [3.05, 3.63) is 0 Å². The number of hydrogen-bond donors (Lipinski definition) is 1. The summed E-state index contributed by atoms with van der Waals surface area (Å²) in [5.74, 6) is 0. The van der Waals surface area contributed by atoms with Crippen molar-refractivity contribution in [3.63, 3.8) is 0 Å². The maximum atomic E-state index is 13.0. The molecule has 0 spiro atoms. The van der Waals surface area contributed by atoms with Gasteiger partial charge in [-0.25, -0.2) is 0 Å². The largest absolute Gasteiger partial charge is 0.318 e. The predicted molar refractivity (Wildman–Crippen MR) is 86.4 cm³/mol. The Labute approximate surface area is 130 Å². The molecule has 0 aromatic rings. The summed E-state index contributed by atoms with van der Waals surface area (Å²) < 4.78 is 29.5. The van der Waals surface area contributed by atoms with Crippen LogP contribution in [0.15, 0.2) is 0 Å². The van der Waals surface area contributed by atoms with E-state index in [1.165, 1.54) is 0 Å². The molecular formula is C15H31N3O2S. The average Bonchev–Trinajstić information content (AvgIpc) is 2.94. The molecule has 6 heteroatoms. The summed E-state index contributed by atoms with van der Waals surface area (Å²) >= 11 is 0. The summed E-state index contributed by atoms with van der Waals surface area (Å²) in [4.78, 5) is 0. The minimum Gasteiger partial charge on any atom is -0.318 e. The van der Waals surface area contributed by atoms with Gasteiger partial charge in [-0.15, -0.1) is 0 Å². The van der Waals surface area contributed by atoms with E-state index in [1.54, 1.807) is 8.61 Å². The number of hydrogen-bond acceptors (Lipinski definition) is 3. The minimum absolute atomic E-state index is 0.118. The Morgan fingerprint density at radius 1 is 1.19 bits per heavy atom. The Morgan fingerprint density at radius 2 is 1.90 bits per heavy atom. The van der Waals surface area contributed by atoms with Crippen LogP contribution in [0.2, 0.25) is 0 Å². The van der Waals surface area contributed by atoms with Gasteiger partial charge in [0, 0.05) is 32.2 Å². The molecule has 1 atom stereocenters. The maximum Gasteiger partial charge on any atom is 0.282 e. The van der Waals surface area contributed by atoms with Gasteiger partial charge in [-0.2, -0.15) is 17.0 Å². The fourth-order valence-corrected chi connectivity index (χ4v) is 5.76. The normalized spacial score (nSPS) is 28.0. The summed E-state index contributed by atoms with van der Waals surface area (Å²) in [7, 11) is -1.40. The lowest BCUT2D eigenvalue weighted by atomic mass is 9.82. The second-order valence-electron chi connectivity index (χ2n) is 6.62. The first-order valence-electron chi connectivity index (χ1n) is 8.40. The van der Waals surface area contributed by atoms with Gasteiger partial charge in [0.05, 0.1) is 0 Å². The van der Waals surface area contributed by atoms with Crippen LogP contribution >= 0.6 is 0 Å². The molecule has 124 valence electrons. The molecule has 0 aromatic heterocycles. The monoisotopic (exact) mass is 317 g/mol. The molecular weight excluding hydrogens is 286 g/mol. The summed E-state index contributed by atoms with van der Waals surface area (Å²) in [6, 6.07) is 0.118. The van der Waals surface area contributed by atoms with E-state index in [9.17, 15) is 8.42 Å². The molecule has 0 amide bonds. The number of likely N-dealkylation sites (N-methyl/N-ethyl adjacent to an activating group) is 1. The second-order valence-corrected chi connectivity index (χ2v) is 8.50. The molecule has 0 radical (unpaired) electrons. The third kappa shape index (κ3) is 3.44. The minimum atomic E-state index is -3.30. The topological polar surface area (TPSA) is 52.7 Å². The molecule has 21 heavy (non-hydrogen) atoms. The Balaban J connectivity index is 2.14. The molecule has 1 unspecified atom stereocenters. The van der Waals surface area contributed by atoms with Gasteiger partial charge in [0.1, 0.15) is 0 Å². The van der Waals surface area contributed by atoms with Crippen molar-refractivity contribution >= 4 is 10.2 Å². The van der Waals surface area contributed by atoms with E-state index in [-0.39, 0.29) is 11.5 Å². The molecule has 2 aliphatic rings. The van der Waals surface area contributed by atoms with Crippen molar-refractivity contribution in [3.8, 4) is 0 Å². The summed E-state index contributed by atoms with van der Waals surface area (Å²) in [6.45, 7) is 7.18. The second kappa shape index (κ2) is 6.94. The van der Waals surface area contributed by atoms with Gasteiger partial charge in [-0.1, -0.05) is 20.3 Å². The smallest absolute Gasteiger partial charge is 0.282 e. The Bertz CT molecular complexity index is 432. The number of rotatable bonds is 6. The van der Waals surface area contributed by atoms with Crippen molar-refractivity contribution in [1.29, 1.82) is 0 Å². The van der Waals surface area contributed by atoms with Crippen molar-refractivity contribution in [2.75, 3.05) is 33.2 Å². The van der Waals surface area contributed by atoms with E-state index in [1.807, 2.05) is 7.05 Å². The van der Waals surface area contributed by atoms with Gasteiger partial charge in [0.2, 0.25) is 0 Å². The number of nitrogens with one attached hydrogen (secondary N) is 1. The first-order chi connectivity index (χ1) is 9.99. The number of piperidine rings is 1. The van der Waals surface area contributed by atoms with Crippen molar-refractivity contribution < 1.29 is 8.42 Å². The average molecular weight is 317 g/mol. The van der Waals surface area contributed by atoms with Crippen LogP contribution in [0.3, 0.4) is 0 Å². The Morgan fingerprint density at radius 3 is 2.48 bits per heavy atom. The van der Waals surface area contributed by atoms with E-state index in [4.69, 9.17) is 0 Å². The zero-order valence-electron chi connectivity index (χ0n) is 13.8. The zero-order valence-corrected chi connectivity index (χ0v) is 14.6. The van der Waals surface area contributed by atoms with Crippen LogP contribution in [0.5, 0.6) is 0 Å². The van der Waals surface area contributed by atoms with Crippen molar-refractivity contribution in [2.45, 2.75) is 58.4 Å². The predicted octanol–water partition coefficient (Wildman–Crippen LogP) is 1.82. The van der Waals surface area contributed by atoms with Gasteiger partial charge in [-0.3, -0.25) is 0 Å². The molecule has 0 aliphatic carbocycles. The van der Waals surface area contributed by atoms with Crippen LogP contribution < -0.4 is 5.32 Å². The first kappa shape index (κ1) is 17.2. The third-order valence-electron chi connectivity index (χ3n) is 5.54. The molecule has 0 saturated carbocycles. The molecule has 5 nitrogen and oxygen atoms in total. The summed E-state index contributed by atoms with van der Waals surface area (Å²) in [5, 5.41) is 3.14. The van der Waals surface area contributed by atoms with Gasteiger partial charge in [-0.05, 0) is 44.6 Å². The molecule has 0 bridgehead atoms. The van der Waals surface area contributed by atoms with Gasteiger partial charge in [0.25, 0.3) is 10.2 Å². The van der Waals surface area contributed by atoms with Gasteiger partial charge < -0.3 is 5.32 Å². The van der Waals surface area contributed by atoms with E-state index in [2.05, 4.69) is 19.2 Å². The van der Waals surface area contributed by atoms with Gasteiger partial charge in [0.15, 0.2) is 0 Å². The van der Waals surface area contributed by atoms with Gasteiger partial charge >= 0.3 is 0 Å². The van der Waals surface area contributed by atoms with Crippen molar-refractivity contribution in [1.82, 2.24) is 13.9 Å². The van der Waals surface area contributed by atoms with Crippen molar-refractivity contribution in [2.24, 2.45) is 5.41 Å². The highest BCUT2D eigenvalue weighted by Gasteiger charge is 2.44. The molecule has 0 aromatic carbocycles. The zero-order chi connectivity index (χ0) is 15.5.